The van der Waals surface area contributed by atoms with Gasteiger partial charge in [-0.05, 0) is 23.8 Å². The van der Waals surface area contributed by atoms with Crippen LogP contribution in [0.15, 0.2) is 42.5 Å². The van der Waals surface area contributed by atoms with Gasteiger partial charge in [0.1, 0.15) is 30.0 Å². The van der Waals surface area contributed by atoms with Crippen molar-refractivity contribution in [2.75, 3.05) is 13.2 Å². The van der Waals surface area contributed by atoms with Gasteiger partial charge >= 0.3 is 0 Å². The third-order valence-electron chi connectivity index (χ3n) is 3.29. The van der Waals surface area contributed by atoms with Gasteiger partial charge in [0.05, 0.1) is 6.61 Å². The summed E-state index contributed by atoms with van der Waals surface area (Å²) in [6.07, 6.45) is -0.140. The second-order valence-corrected chi connectivity index (χ2v) is 4.77. The molecule has 0 saturated carbocycles. The molecule has 0 amide bonds. The summed E-state index contributed by atoms with van der Waals surface area (Å²) < 4.78 is 11.4. The van der Waals surface area contributed by atoms with Gasteiger partial charge in [-0.25, -0.2) is 0 Å². The van der Waals surface area contributed by atoms with Crippen LogP contribution in [0.1, 0.15) is 11.1 Å². The minimum absolute atomic E-state index is 0.0641. The van der Waals surface area contributed by atoms with Crippen molar-refractivity contribution in [3.63, 3.8) is 0 Å². The summed E-state index contributed by atoms with van der Waals surface area (Å²) in [7, 11) is 0. The number of ether oxygens (including phenoxy) is 2. The van der Waals surface area contributed by atoms with E-state index in [1.54, 1.807) is 0 Å². The zero-order valence-electron chi connectivity index (χ0n) is 11.0. The van der Waals surface area contributed by atoms with Crippen molar-refractivity contribution in [1.82, 2.24) is 0 Å². The summed E-state index contributed by atoms with van der Waals surface area (Å²) >= 11 is 0. The van der Waals surface area contributed by atoms with Gasteiger partial charge < -0.3 is 19.7 Å². The van der Waals surface area contributed by atoms with Crippen LogP contribution in [-0.4, -0.2) is 29.5 Å². The third-order valence-corrected chi connectivity index (χ3v) is 3.29. The van der Waals surface area contributed by atoms with Crippen LogP contribution in [0, 0.1) is 0 Å². The Hall–Kier alpha value is -2.04. The van der Waals surface area contributed by atoms with E-state index in [9.17, 15) is 5.11 Å². The van der Waals surface area contributed by atoms with Crippen LogP contribution in [-0.2, 0) is 6.42 Å². The van der Waals surface area contributed by atoms with Gasteiger partial charge in [-0.2, -0.15) is 0 Å². The Kier molecular flexibility index (Phi) is 3.58. The normalized spacial score (nSPS) is 13.9. The number of aliphatic hydroxyl groups excluding tert-OH is 2. The molecule has 4 nitrogen and oxygen atoms in total. The SMILES string of the molecule is OCC(O)COc1cccc2c1Cc1ccccc1O2. The monoisotopic (exact) mass is 272 g/mol. The van der Waals surface area contributed by atoms with E-state index in [-0.39, 0.29) is 13.2 Å². The quantitative estimate of drug-likeness (QED) is 0.763. The highest BCUT2D eigenvalue weighted by atomic mass is 16.5. The molecule has 0 bridgehead atoms. The zero-order valence-corrected chi connectivity index (χ0v) is 11.0. The number of hydrogen-bond donors (Lipinski definition) is 2. The average Bonchev–Trinajstić information content (AvgIpc) is 2.50. The van der Waals surface area contributed by atoms with Crippen molar-refractivity contribution in [3.8, 4) is 17.2 Å². The lowest BCUT2D eigenvalue weighted by atomic mass is 9.99. The molecule has 2 N–H and O–H groups in total. The fourth-order valence-corrected chi connectivity index (χ4v) is 2.25. The maximum atomic E-state index is 9.37. The lowest BCUT2D eigenvalue weighted by Crippen LogP contribution is -2.21. The van der Waals surface area contributed by atoms with Gasteiger partial charge in [0.2, 0.25) is 0 Å². The summed E-state index contributed by atoms with van der Waals surface area (Å²) in [5, 5.41) is 18.2. The number of aliphatic hydroxyl groups is 2. The highest BCUT2D eigenvalue weighted by Gasteiger charge is 2.20. The largest absolute Gasteiger partial charge is 0.490 e. The summed E-state index contributed by atoms with van der Waals surface area (Å²) in [4.78, 5) is 0. The van der Waals surface area contributed by atoms with Crippen LogP contribution in [0.3, 0.4) is 0 Å². The van der Waals surface area contributed by atoms with E-state index >= 15 is 0 Å². The molecule has 0 fully saturated rings. The van der Waals surface area contributed by atoms with Gasteiger partial charge in [0.15, 0.2) is 0 Å². The molecule has 0 aromatic heterocycles. The van der Waals surface area contributed by atoms with Gasteiger partial charge in [-0.1, -0.05) is 24.3 Å². The van der Waals surface area contributed by atoms with E-state index in [4.69, 9.17) is 14.6 Å². The Morgan fingerprint density at radius 3 is 2.75 bits per heavy atom. The first-order valence-corrected chi connectivity index (χ1v) is 6.57. The molecule has 0 saturated heterocycles. The summed E-state index contributed by atoms with van der Waals surface area (Å²) in [6, 6.07) is 13.5. The van der Waals surface area contributed by atoms with Gasteiger partial charge in [0.25, 0.3) is 0 Å². The summed E-state index contributed by atoms with van der Waals surface area (Å²) in [5.74, 6) is 2.33. The first kappa shape index (κ1) is 13.0. The first-order valence-electron chi connectivity index (χ1n) is 6.57. The van der Waals surface area contributed by atoms with E-state index < -0.39 is 6.10 Å². The Morgan fingerprint density at radius 1 is 1.10 bits per heavy atom. The topological polar surface area (TPSA) is 58.9 Å². The van der Waals surface area contributed by atoms with Crippen molar-refractivity contribution in [2.24, 2.45) is 0 Å². The molecule has 1 aliphatic rings. The predicted octanol–water partition coefficient (Wildman–Crippen LogP) is 2.12. The fourth-order valence-electron chi connectivity index (χ4n) is 2.25. The number of fused-ring (bicyclic) bond motifs is 2. The van der Waals surface area contributed by atoms with Crippen LogP contribution in [0.2, 0.25) is 0 Å². The smallest absolute Gasteiger partial charge is 0.134 e. The summed E-state index contributed by atoms with van der Waals surface area (Å²) in [6.45, 7) is -0.247. The summed E-state index contributed by atoms with van der Waals surface area (Å²) in [5.41, 5.74) is 2.08. The molecule has 3 rings (SSSR count). The van der Waals surface area contributed by atoms with E-state index in [0.29, 0.717) is 5.75 Å². The molecule has 2 aromatic carbocycles. The number of benzene rings is 2. The highest BCUT2D eigenvalue weighted by Crippen LogP contribution is 2.40. The molecule has 104 valence electrons. The fraction of sp³-hybridized carbons (Fsp3) is 0.250. The van der Waals surface area contributed by atoms with Crippen molar-refractivity contribution in [2.45, 2.75) is 12.5 Å². The standard InChI is InChI=1S/C16H16O4/c17-9-12(18)10-19-15-6-3-7-16-13(15)8-11-4-1-2-5-14(11)20-16/h1-7,12,17-18H,8-10H2. The molecular weight excluding hydrogens is 256 g/mol. The van der Waals surface area contributed by atoms with Gasteiger partial charge in [-0.15, -0.1) is 0 Å². The molecule has 20 heavy (non-hydrogen) atoms. The number of hydrogen-bond acceptors (Lipinski definition) is 4. The second kappa shape index (κ2) is 5.53. The van der Waals surface area contributed by atoms with Crippen LogP contribution in [0.4, 0.5) is 0 Å². The number of rotatable bonds is 4. The molecule has 0 aliphatic carbocycles. The Labute approximate surface area is 117 Å². The molecular formula is C16H16O4. The molecule has 0 spiro atoms. The minimum atomic E-state index is -0.873. The molecule has 2 aromatic rings. The molecule has 1 aliphatic heterocycles. The molecule has 1 atom stereocenters. The van der Waals surface area contributed by atoms with E-state index in [0.717, 1.165) is 29.0 Å². The van der Waals surface area contributed by atoms with Crippen molar-refractivity contribution in [3.05, 3.63) is 53.6 Å². The van der Waals surface area contributed by atoms with Crippen LogP contribution >= 0.6 is 0 Å². The van der Waals surface area contributed by atoms with E-state index in [2.05, 4.69) is 0 Å². The van der Waals surface area contributed by atoms with Gasteiger partial charge in [-0.3, -0.25) is 0 Å². The van der Waals surface area contributed by atoms with Crippen LogP contribution in [0.25, 0.3) is 0 Å². The average molecular weight is 272 g/mol. The van der Waals surface area contributed by atoms with Crippen LogP contribution < -0.4 is 9.47 Å². The maximum Gasteiger partial charge on any atom is 0.134 e. The van der Waals surface area contributed by atoms with Crippen molar-refractivity contribution < 1.29 is 19.7 Å². The van der Waals surface area contributed by atoms with Gasteiger partial charge in [0, 0.05) is 12.0 Å². The lowest BCUT2D eigenvalue weighted by Gasteiger charge is -2.22. The van der Waals surface area contributed by atoms with Crippen molar-refractivity contribution in [1.29, 1.82) is 0 Å². The molecule has 0 radical (unpaired) electrons. The van der Waals surface area contributed by atoms with Crippen LogP contribution in [0.5, 0.6) is 17.2 Å². The Balaban J connectivity index is 1.86. The third kappa shape index (κ3) is 2.48. The van der Waals surface area contributed by atoms with Crippen molar-refractivity contribution >= 4 is 0 Å². The maximum absolute atomic E-state index is 9.37. The minimum Gasteiger partial charge on any atom is -0.490 e. The highest BCUT2D eigenvalue weighted by molar-refractivity contribution is 5.54. The number of para-hydroxylation sites is 1. The predicted molar refractivity (Wildman–Crippen MR) is 74.4 cm³/mol. The lowest BCUT2D eigenvalue weighted by molar-refractivity contribution is 0.0532. The zero-order chi connectivity index (χ0) is 13.9. The Morgan fingerprint density at radius 2 is 1.90 bits per heavy atom. The van der Waals surface area contributed by atoms with E-state index in [1.165, 1.54) is 0 Å². The molecule has 4 heteroatoms. The first-order chi connectivity index (χ1) is 9.78. The Bertz CT molecular complexity index is 609. The molecule has 1 heterocycles. The molecule has 1 unspecified atom stereocenters. The second-order valence-electron chi connectivity index (χ2n) is 4.77. The van der Waals surface area contributed by atoms with E-state index in [1.807, 2.05) is 42.5 Å².